The fourth-order valence-electron chi connectivity index (χ4n) is 4.61. The van der Waals surface area contributed by atoms with Gasteiger partial charge in [0.05, 0.1) is 28.3 Å². The van der Waals surface area contributed by atoms with Crippen molar-refractivity contribution in [3.8, 4) is 5.69 Å². The Morgan fingerprint density at radius 2 is 1.82 bits per heavy atom. The van der Waals surface area contributed by atoms with Gasteiger partial charge in [-0.2, -0.15) is 0 Å². The van der Waals surface area contributed by atoms with Gasteiger partial charge in [-0.1, -0.05) is 29.3 Å². The minimum absolute atomic E-state index is 0.0609. The number of Topliss-reactive ketones (excluding diaryl/α,β-unsaturated/α-hetero) is 1. The van der Waals surface area contributed by atoms with Gasteiger partial charge in [0.15, 0.2) is 15.6 Å². The van der Waals surface area contributed by atoms with Crippen molar-refractivity contribution in [2.45, 2.75) is 10.6 Å². The highest BCUT2D eigenvalue weighted by molar-refractivity contribution is 7.94. The lowest BCUT2D eigenvalue weighted by Crippen LogP contribution is -2.39. The number of aromatic nitrogens is 1. The predicted octanol–water partition coefficient (Wildman–Crippen LogP) is 4.69. The molecule has 0 unspecified atom stereocenters. The number of hydrogen-bond acceptors (Lipinski definition) is 8. The second kappa shape index (κ2) is 12.4. The summed E-state index contributed by atoms with van der Waals surface area (Å²) in [5.74, 6) is -1.09. The fourth-order valence-corrected chi connectivity index (χ4v) is 7.72. The molecule has 3 heterocycles. The number of nitrogens with one attached hydrogen (secondary N) is 1. The maximum Gasteiger partial charge on any atom is 0.262 e. The third-order valence-electron chi connectivity index (χ3n) is 6.64. The number of halogens is 2. The number of anilines is 1. The molecule has 0 saturated carbocycles. The Labute approximate surface area is 246 Å². The van der Waals surface area contributed by atoms with Crippen LogP contribution in [0, 0.1) is 0 Å². The fraction of sp³-hybridized carbons (Fsp3) is 0.286. The second-order valence-electron chi connectivity index (χ2n) is 9.49. The highest BCUT2D eigenvalue weighted by Gasteiger charge is 2.22. The van der Waals surface area contributed by atoms with Crippen LogP contribution < -0.4 is 10.9 Å². The van der Waals surface area contributed by atoms with Crippen LogP contribution in [-0.4, -0.2) is 68.8 Å². The Balaban J connectivity index is 1.27. The van der Waals surface area contributed by atoms with E-state index in [9.17, 15) is 18.0 Å². The predicted molar refractivity (Wildman–Crippen MR) is 160 cm³/mol. The number of carbonyl (C=O) groups excluding carboxylic acids is 1. The van der Waals surface area contributed by atoms with E-state index in [-0.39, 0.29) is 21.2 Å². The molecule has 2 aromatic heterocycles. The zero-order valence-electron chi connectivity index (χ0n) is 21.4. The number of nitrogens with zero attached hydrogens (tertiary/aromatic N) is 2. The van der Waals surface area contributed by atoms with Crippen LogP contribution >= 0.6 is 34.5 Å². The molecule has 40 heavy (non-hydrogen) atoms. The molecular formula is C28H27Cl2N3O5S2. The van der Waals surface area contributed by atoms with Crippen molar-refractivity contribution in [1.29, 1.82) is 0 Å². The van der Waals surface area contributed by atoms with Gasteiger partial charge >= 0.3 is 0 Å². The molecule has 0 aliphatic carbocycles. The number of rotatable bonds is 10. The van der Waals surface area contributed by atoms with Crippen molar-refractivity contribution in [2.75, 3.05) is 50.5 Å². The first-order chi connectivity index (χ1) is 19.2. The Bertz CT molecular complexity index is 1710. The molecule has 12 heteroatoms. The molecule has 0 amide bonds. The summed E-state index contributed by atoms with van der Waals surface area (Å²) in [7, 11) is -3.77. The van der Waals surface area contributed by atoms with Gasteiger partial charge in [0, 0.05) is 49.9 Å². The van der Waals surface area contributed by atoms with Crippen LogP contribution in [0.15, 0.2) is 69.8 Å². The summed E-state index contributed by atoms with van der Waals surface area (Å²) in [5.41, 5.74) is 1.75. The lowest BCUT2D eigenvalue weighted by Gasteiger charge is -2.26. The first-order valence-corrected chi connectivity index (χ1v) is 15.9. The van der Waals surface area contributed by atoms with Crippen molar-refractivity contribution >= 4 is 66.6 Å². The largest absolute Gasteiger partial charge is 0.384 e. The van der Waals surface area contributed by atoms with Crippen molar-refractivity contribution in [2.24, 2.45) is 0 Å². The summed E-state index contributed by atoms with van der Waals surface area (Å²) in [6, 6.07) is 15.3. The Morgan fingerprint density at radius 3 is 2.55 bits per heavy atom. The SMILES string of the molecule is O=C(Cc1ccc(-n2ccc3cc(NCCN4CCOCC4)ccc3c2=O)c(Cl)c1)CS(=O)(=O)c1ccc(Cl)s1. The van der Waals surface area contributed by atoms with Crippen LogP contribution in [0.1, 0.15) is 5.56 Å². The molecule has 5 rings (SSSR count). The Kier molecular flexibility index (Phi) is 8.94. The summed E-state index contributed by atoms with van der Waals surface area (Å²) < 4.78 is 32.2. The number of carbonyl (C=O) groups is 1. The first-order valence-electron chi connectivity index (χ1n) is 12.7. The molecular weight excluding hydrogens is 593 g/mol. The van der Waals surface area contributed by atoms with Crippen molar-refractivity contribution in [1.82, 2.24) is 9.47 Å². The standard InChI is InChI=1S/C28H27Cl2N3O5S2/c29-24-16-19(15-22(34)18-40(36,37)27-6-5-26(30)39-27)1-4-25(24)33-9-7-20-17-21(2-3-23(20)28(33)35)31-8-10-32-11-13-38-14-12-32/h1-7,9,16-17,31H,8,10-15,18H2. The Hall–Kier alpha value is -2.73. The van der Waals surface area contributed by atoms with E-state index < -0.39 is 21.4 Å². The maximum atomic E-state index is 13.3. The number of ketones is 1. The smallest absolute Gasteiger partial charge is 0.262 e. The van der Waals surface area contributed by atoms with Gasteiger partial charge in [-0.25, -0.2) is 8.42 Å². The monoisotopic (exact) mass is 619 g/mol. The van der Waals surface area contributed by atoms with Crippen molar-refractivity contribution in [3.63, 3.8) is 0 Å². The van der Waals surface area contributed by atoms with Gasteiger partial charge in [0.2, 0.25) is 0 Å². The quantitative estimate of drug-likeness (QED) is 0.275. The number of benzene rings is 2. The van der Waals surface area contributed by atoms with Crippen LogP contribution in [0.4, 0.5) is 5.69 Å². The molecule has 1 aliphatic heterocycles. The average Bonchev–Trinajstić information content (AvgIpc) is 3.37. The van der Waals surface area contributed by atoms with E-state index in [1.54, 1.807) is 30.5 Å². The van der Waals surface area contributed by atoms with E-state index in [2.05, 4.69) is 10.2 Å². The number of pyridine rings is 1. The van der Waals surface area contributed by atoms with Crippen LogP contribution in [0.5, 0.6) is 0 Å². The minimum Gasteiger partial charge on any atom is -0.384 e. The highest BCUT2D eigenvalue weighted by atomic mass is 35.5. The summed E-state index contributed by atoms with van der Waals surface area (Å²) in [4.78, 5) is 28.2. The second-order valence-corrected chi connectivity index (χ2v) is 13.8. The van der Waals surface area contributed by atoms with E-state index >= 15 is 0 Å². The molecule has 1 fully saturated rings. The van der Waals surface area contributed by atoms with E-state index in [1.807, 2.05) is 18.2 Å². The zero-order chi connectivity index (χ0) is 28.3. The highest BCUT2D eigenvalue weighted by Crippen LogP contribution is 2.27. The maximum absolute atomic E-state index is 13.3. The van der Waals surface area contributed by atoms with Crippen molar-refractivity contribution in [3.05, 3.63) is 86.1 Å². The van der Waals surface area contributed by atoms with Gasteiger partial charge in [-0.3, -0.25) is 19.1 Å². The number of morpholine rings is 1. The van der Waals surface area contributed by atoms with E-state index in [1.165, 1.54) is 16.7 Å². The topological polar surface area (TPSA) is 97.7 Å². The third-order valence-corrected chi connectivity index (χ3v) is 10.4. The van der Waals surface area contributed by atoms with Gasteiger partial charge < -0.3 is 10.1 Å². The molecule has 8 nitrogen and oxygen atoms in total. The molecule has 1 N–H and O–H groups in total. The Morgan fingerprint density at radius 1 is 1.02 bits per heavy atom. The number of hydrogen-bond donors (Lipinski definition) is 1. The van der Waals surface area contributed by atoms with E-state index in [0.29, 0.717) is 21.0 Å². The molecule has 0 spiro atoms. The van der Waals surface area contributed by atoms with Gasteiger partial charge in [0.25, 0.3) is 5.56 Å². The summed E-state index contributed by atoms with van der Waals surface area (Å²) in [6.07, 6.45) is 1.57. The number of thiophene rings is 1. The summed E-state index contributed by atoms with van der Waals surface area (Å²) >= 11 is 13.3. The van der Waals surface area contributed by atoms with Crippen LogP contribution in [0.25, 0.3) is 16.5 Å². The normalized spacial score (nSPS) is 14.4. The lowest BCUT2D eigenvalue weighted by molar-refractivity contribution is -0.116. The van der Waals surface area contributed by atoms with Gasteiger partial charge in [-0.15, -0.1) is 11.3 Å². The molecule has 1 aliphatic rings. The summed E-state index contributed by atoms with van der Waals surface area (Å²) in [5, 5.41) is 5.06. The molecule has 0 radical (unpaired) electrons. The molecule has 4 aromatic rings. The number of sulfone groups is 1. The zero-order valence-corrected chi connectivity index (χ0v) is 24.6. The molecule has 0 bridgehead atoms. The minimum atomic E-state index is -3.77. The van der Waals surface area contributed by atoms with E-state index in [4.69, 9.17) is 27.9 Å². The van der Waals surface area contributed by atoms with E-state index in [0.717, 1.165) is 61.8 Å². The lowest BCUT2D eigenvalue weighted by atomic mass is 10.1. The van der Waals surface area contributed by atoms with Crippen LogP contribution in [0.2, 0.25) is 9.36 Å². The molecule has 2 aromatic carbocycles. The average molecular weight is 621 g/mol. The molecule has 1 saturated heterocycles. The van der Waals surface area contributed by atoms with Crippen molar-refractivity contribution < 1.29 is 17.9 Å². The van der Waals surface area contributed by atoms with Crippen LogP contribution in [0.3, 0.4) is 0 Å². The first kappa shape index (κ1) is 28.8. The number of fused-ring (bicyclic) bond motifs is 1. The summed E-state index contributed by atoms with van der Waals surface area (Å²) in [6.45, 7) is 5.12. The van der Waals surface area contributed by atoms with Gasteiger partial charge in [0.1, 0.15) is 9.96 Å². The van der Waals surface area contributed by atoms with Gasteiger partial charge in [-0.05, 0) is 59.5 Å². The molecule has 0 atom stereocenters. The molecule has 210 valence electrons. The number of ether oxygens (including phenoxy) is 1. The third kappa shape index (κ3) is 6.76. The van der Waals surface area contributed by atoms with Crippen LogP contribution in [-0.2, 0) is 25.8 Å².